The van der Waals surface area contributed by atoms with Gasteiger partial charge in [0.25, 0.3) is 5.91 Å². The second-order valence-corrected chi connectivity index (χ2v) is 6.55. The normalized spacial score (nSPS) is 10.5. The quantitative estimate of drug-likeness (QED) is 0.611. The van der Waals surface area contributed by atoms with E-state index >= 15 is 0 Å². The van der Waals surface area contributed by atoms with Crippen LogP contribution in [0.25, 0.3) is 0 Å². The summed E-state index contributed by atoms with van der Waals surface area (Å²) in [6, 6.07) is 12.1. The number of aromatic nitrogens is 1. The van der Waals surface area contributed by atoms with Gasteiger partial charge in [0.15, 0.2) is 0 Å². The lowest BCUT2D eigenvalue weighted by Gasteiger charge is -2.13. The number of primary amides is 1. The van der Waals surface area contributed by atoms with E-state index < -0.39 is 5.91 Å². The van der Waals surface area contributed by atoms with Crippen molar-refractivity contribution in [2.45, 2.75) is 20.8 Å². The molecule has 0 spiro atoms. The molecule has 2 aromatic carbocycles. The van der Waals surface area contributed by atoms with Crippen LogP contribution < -0.4 is 16.4 Å². The fourth-order valence-electron chi connectivity index (χ4n) is 2.75. The number of pyridine rings is 1. The average Bonchev–Trinajstić information content (AvgIpc) is 2.58. The summed E-state index contributed by atoms with van der Waals surface area (Å²) in [5, 5.41) is 6.18. The van der Waals surface area contributed by atoms with Gasteiger partial charge in [-0.05, 0) is 73.9 Å². The van der Waals surface area contributed by atoms with Crippen molar-refractivity contribution in [1.82, 2.24) is 4.98 Å². The highest BCUT2D eigenvalue weighted by Gasteiger charge is 2.12. The summed E-state index contributed by atoms with van der Waals surface area (Å²) in [6.07, 6.45) is 1.59. The maximum absolute atomic E-state index is 13.6. The lowest BCUT2D eigenvalue weighted by Crippen LogP contribution is -2.15. The van der Waals surface area contributed by atoms with E-state index in [1.54, 1.807) is 25.3 Å². The van der Waals surface area contributed by atoms with E-state index in [-0.39, 0.29) is 17.2 Å². The number of carbonyl (C=O) groups is 1. The van der Waals surface area contributed by atoms with Gasteiger partial charge in [0, 0.05) is 11.4 Å². The number of halogens is 1. The van der Waals surface area contributed by atoms with Crippen LogP contribution in [0.4, 0.5) is 27.3 Å². The largest absolute Gasteiger partial charge is 0.365 e. The molecule has 1 amide bonds. The molecule has 0 aliphatic heterocycles. The summed E-state index contributed by atoms with van der Waals surface area (Å²) in [4.78, 5) is 16.2. The van der Waals surface area contributed by atoms with Gasteiger partial charge in [0.05, 0.1) is 17.4 Å². The van der Waals surface area contributed by atoms with Crippen LogP contribution in [0.15, 0.2) is 48.7 Å². The monoisotopic (exact) mass is 364 g/mol. The van der Waals surface area contributed by atoms with E-state index in [9.17, 15) is 9.18 Å². The molecule has 0 bridgehead atoms. The first-order valence-corrected chi connectivity index (χ1v) is 8.50. The fraction of sp³-hybridized carbons (Fsp3) is 0.143. The van der Waals surface area contributed by atoms with E-state index in [4.69, 9.17) is 5.73 Å². The lowest BCUT2D eigenvalue weighted by atomic mass is 10.1. The van der Waals surface area contributed by atoms with Crippen LogP contribution in [0, 0.1) is 26.6 Å². The molecule has 6 heteroatoms. The SMILES string of the molecule is Cc1cc(F)cc(Nc2ncc(Nc3ccc(C)c(C)c3)cc2C(N)=O)c1. The Morgan fingerprint density at radius 1 is 0.926 bits per heavy atom. The average molecular weight is 364 g/mol. The smallest absolute Gasteiger partial charge is 0.252 e. The van der Waals surface area contributed by atoms with E-state index in [0.29, 0.717) is 11.4 Å². The number of hydrogen-bond donors (Lipinski definition) is 3. The second-order valence-electron chi connectivity index (χ2n) is 6.55. The van der Waals surface area contributed by atoms with Crippen molar-refractivity contribution in [3.8, 4) is 0 Å². The van der Waals surface area contributed by atoms with Crippen LogP contribution in [0.3, 0.4) is 0 Å². The number of benzene rings is 2. The van der Waals surface area contributed by atoms with Gasteiger partial charge in [-0.3, -0.25) is 4.79 Å². The molecule has 0 atom stereocenters. The molecule has 0 saturated heterocycles. The van der Waals surface area contributed by atoms with Crippen LogP contribution in [-0.2, 0) is 0 Å². The predicted molar refractivity (Wildman–Crippen MR) is 106 cm³/mol. The van der Waals surface area contributed by atoms with Crippen LogP contribution >= 0.6 is 0 Å². The maximum atomic E-state index is 13.6. The number of anilines is 4. The molecule has 0 radical (unpaired) electrons. The van der Waals surface area contributed by atoms with Gasteiger partial charge in [-0.25, -0.2) is 9.37 Å². The topological polar surface area (TPSA) is 80.0 Å². The van der Waals surface area contributed by atoms with Crippen molar-refractivity contribution in [1.29, 1.82) is 0 Å². The standard InChI is InChI=1S/C21H21FN4O/c1-12-6-15(22)9-17(7-12)26-21-19(20(23)27)10-18(11-24-21)25-16-5-4-13(2)14(3)8-16/h4-11,25H,1-3H3,(H2,23,27)(H,24,26). The van der Waals surface area contributed by atoms with Gasteiger partial charge in [-0.15, -0.1) is 0 Å². The Labute approximate surface area is 157 Å². The molecule has 0 aliphatic rings. The zero-order chi connectivity index (χ0) is 19.6. The van der Waals surface area contributed by atoms with Crippen molar-refractivity contribution in [3.05, 3.63) is 76.7 Å². The minimum Gasteiger partial charge on any atom is -0.365 e. The second kappa shape index (κ2) is 7.45. The van der Waals surface area contributed by atoms with Crippen LogP contribution in [-0.4, -0.2) is 10.9 Å². The lowest BCUT2D eigenvalue weighted by molar-refractivity contribution is 0.100. The van der Waals surface area contributed by atoms with E-state index in [1.165, 1.54) is 17.7 Å². The van der Waals surface area contributed by atoms with Crippen LogP contribution in [0.2, 0.25) is 0 Å². The molecule has 3 aromatic rings. The molecule has 3 rings (SSSR count). The molecular formula is C21H21FN4O. The number of carbonyl (C=O) groups excluding carboxylic acids is 1. The molecule has 0 aliphatic carbocycles. The molecule has 0 unspecified atom stereocenters. The number of amides is 1. The van der Waals surface area contributed by atoms with Gasteiger partial charge < -0.3 is 16.4 Å². The van der Waals surface area contributed by atoms with Gasteiger partial charge in [0.1, 0.15) is 11.6 Å². The molecule has 0 fully saturated rings. The van der Waals surface area contributed by atoms with Crippen molar-refractivity contribution in [2.24, 2.45) is 5.73 Å². The summed E-state index contributed by atoms with van der Waals surface area (Å²) in [5.74, 6) is -0.717. The Bertz CT molecular complexity index is 997. The summed E-state index contributed by atoms with van der Waals surface area (Å²) < 4.78 is 13.6. The predicted octanol–water partition coefficient (Wildman–Crippen LogP) is 4.73. The highest BCUT2D eigenvalue weighted by Crippen LogP contribution is 2.25. The first-order valence-electron chi connectivity index (χ1n) is 8.50. The van der Waals surface area contributed by atoms with Gasteiger partial charge >= 0.3 is 0 Å². The third kappa shape index (κ3) is 4.41. The molecule has 1 heterocycles. The summed E-state index contributed by atoms with van der Waals surface area (Å²) >= 11 is 0. The summed E-state index contributed by atoms with van der Waals surface area (Å²) in [5.41, 5.74) is 10.8. The molecule has 27 heavy (non-hydrogen) atoms. The molecule has 1 aromatic heterocycles. The first kappa shape index (κ1) is 18.4. The van der Waals surface area contributed by atoms with Crippen molar-refractivity contribution in [2.75, 3.05) is 10.6 Å². The number of aryl methyl sites for hydroxylation is 3. The van der Waals surface area contributed by atoms with Crippen LogP contribution in [0.5, 0.6) is 0 Å². The number of hydrogen-bond acceptors (Lipinski definition) is 4. The van der Waals surface area contributed by atoms with E-state index in [1.807, 2.05) is 32.0 Å². The first-order chi connectivity index (χ1) is 12.8. The maximum Gasteiger partial charge on any atom is 0.252 e. The Hall–Kier alpha value is -3.41. The Morgan fingerprint density at radius 3 is 2.37 bits per heavy atom. The van der Waals surface area contributed by atoms with E-state index in [0.717, 1.165) is 16.8 Å². The Kier molecular flexibility index (Phi) is 5.07. The zero-order valence-corrected chi connectivity index (χ0v) is 15.4. The highest BCUT2D eigenvalue weighted by molar-refractivity contribution is 5.99. The number of nitrogens with one attached hydrogen (secondary N) is 2. The molecule has 138 valence electrons. The van der Waals surface area contributed by atoms with Gasteiger partial charge in [0.2, 0.25) is 0 Å². The summed E-state index contributed by atoms with van der Waals surface area (Å²) in [7, 11) is 0. The number of nitrogens with zero attached hydrogens (tertiary/aromatic N) is 1. The van der Waals surface area contributed by atoms with Crippen LogP contribution in [0.1, 0.15) is 27.0 Å². The van der Waals surface area contributed by atoms with Gasteiger partial charge in [-0.2, -0.15) is 0 Å². The molecule has 4 N–H and O–H groups in total. The molecular weight excluding hydrogens is 343 g/mol. The number of rotatable bonds is 5. The fourth-order valence-corrected chi connectivity index (χ4v) is 2.75. The Balaban J connectivity index is 1.90. The van der Waals surface area contributed by atoms with E-state index in [2.05, 4.69) is 15.6 Å². The minimum absolute atomic E-state index is 0.214. The highest BCUT2D eigenvalue weighted by atomic mass is 19.1. The Morgan fingerprint density at radius 2 is 1.70 bits per heavy atom. The van der Waals surface area contributed by atoms with Gasteiger partial charge in [-0.1, -0.05) is 6.07 Å². The molecule has 5 nitrogen and oxygen atoms in total. The summed E-state index contributed by atoms with van der Waals surface area (Å²) in [6.45, 7) is 5.86. The van der Waals surface area contributed by atoms with Crippen molar-refractivity contribution >= 4 is 28.8 Å². The van der Waals surface area contributed by atoms with Crippen molar-refractivity contribution < 1.29 is 9.18 Å². The van der Waals surface area contributed by atoms with Crippen molar-refractivity contribution in [3.63, 3.8) is 0 Å². The zero-order valence-electron chi connectivity index (χ0n) is 15.4. The third-order valence-corrected chi connectivity index (χ3v) is 4.25. The molecule has 0 saturated carbocycles. The number of nitrogens with two attached hydrogens (primary N) is 1. The minimum atomic E-state index is -0.623. The third-order valence-electron chi connectivity index (χ3n) is 4.25.